The van der Waals surface area contributed by atoms with Crippen molar-refractivity contribution < 1.29 is 13.7 Å². The Morgan fingerprint density at radius 2 is 2.12 bits per heavy atom. The molecule has 0 bridgehead atoms. The van der Waals surface area contributed by atoms with Gasteiger partial charge in [-0.1, -0.05) is 6.07 Å². The van der Waals surface area contributed by atoms with Gasteiger partial charge in [-0.25, -0.2) is 14.2 Å². The molecule has 136 valence electrons. The first-order chi connectivity index (χ1) is 12.5. The number of aromatic nitrogens is 4. The van der Waals surface area contributed by atoms with Crippen molar-refractivity contribution in [2.45, 2.75) is 13.1 Å². The van der Waals surface area contributed by atoms with Gasteiger partial charge in [0, 0.05) is 33.0 Å². The first-order valence-electron chi connectivity index (χ1n) is 7.81. The number of imidazole rings is 1. The van der Waals surface area contributed by atoms with Crippen molar-refractivity contribution in [2.24, 2.45) is 0 Å². The summed E-state index contributed by atoms with van der Waals surface area (Å²) in [5.74, 6) is 0.319. The Balaban J connectivity index is 1.50. The Kier molecular flexibility index (Phi) is 5.11. The fourth-order valence-corrected chi connectivity index (χ4v) is 2.17. The molecule has 10 heteroatoms. The summed E-state index contributed by atoms with van der Waals surface area (Å²) in [7, 11) is 3.57. The molecule has 26 heavy (non-hydrogen) atoms. The van der Waals surface area contributed by atoms with Gasteiger partial charge >= 0.3 is 6.03 Å². The Bertz CT molecular complexity index is 877. The van der Waals surface area contributed by atoms with Gasteiger partial charge in [-0.05, 0) is 22.9 Å². The standard InChI is InChI=1S/C16H18FN7O2/c1-23(2)15-21-14(26-22-15)9-20-16(25)19-8-11-3-4-13(12(17)7-11)24-6-5-18-10-24/h3-7,10H,8-9H2,1-2H3,(H2,19,20,25). The van der Waals surface area contributed by atoms with E-state index in [2.05, 4.69) is 25.8 Å². The number of hydrogen-bond donors (Lipinski definition) is 2. The van der Waals surface area contributed by atoms with E-state index >= 15 is 0 Å². The molecule has 0 unspecified atom stereocenters. The number of nitrogens with one attached hydrogen (secondary N) is 2. The van der Waals surface area contributed by atoms with Crippen LogP contribution in [0.25, 0.3) is 5.69 Å². The number of anilines is 1. The fraction of sp³-hybridized carbons (Fsp3) is 0.250. The van der Waals surface area contributed by atoms with E-state index < -0.39 is 11.8 Å². The summed E-state index contributed by atoms with van der Waals surface area (Å²) in [6.45, 7) is 0.278. The zero-order valence-corrected chi connectivity index (χ0v) is 14.3. The highest BCUT2D eigenvalue weighted by molar-refractivity contribution is 5.73. The monoisotopic (exact) mass is 359 g/mol. The minimum Gasteiger partial charge on any atom is -0.344 e. The van der Waals surface area contributed by atoms with Crippen LogP contribution in [0, 0.1) is 5.82 Å². The second kappa shape index (κ2) is 7.64. The number of rotatable bonds is 6. The first-order valence-corrected chi connectivity index (χ1v) is 7.81. The molecule has 0 radical (unpaired) electrons. The third kappa shape index (κ3) is 4.15. The maximum absolute atomic E-state index is 14.2. The van der Waals surface area contributed by atoms with Crippen LogP contribution in [0.5, 0.6) is 0 Å². The molecule has 2 heterocycles. The lowest BCUT2D eigenvalue weighted by atomic mass is 10.2. The summed E-state index contributed by atoms with van der Waals surface area (Å²) in [6, 6.07) is 4.32. The van der Waals surface area contributed by atoms with Gasteiger partial charge in [0.05, 0.1) is 18.6 Å². The molecule has 0 atom stereocenters. The van der Waals surface area contributed by atoms with Crippen molar-refractivity contribution >= 4 is 12.0 Å². The summed E-state index contributed by atoms with van der Waals surface area (Å²) >= 11 is 0. The summed E-state index contributed by atoms with van der Waals surface area (Å²) in [4.78, 5) is 21.5. The summed E-state index contributed by atoms with van der Waals surface area (Å²) in [5, 5.41) is 8.99. The van der Waals surface area contributed by atoms with Crippen LogP contribution < -0.4 is 15.5 Å². The van der Waals surface area contributed by atoms with E-state index in [0.717, 1.165) is 0 Å². The van der Waals surface area contributed by atoms with Crippen molar-refractivity contribution in [2.75, 3.05) is 19.0 Å². The van der Waals surface area contributed by atoms with Gasteiger partial charge in [0.2, 0.25) is 5.89 Å². The minimum atomic E-state index is -0.423. The van der Waals surface area contributed by atoms with Crippen LogP contribution >= 0.6 is 0 Å². The van der Waals surface area contributed by atoms with E-state index in [4.69, 9.17) is 4.52 Å². The molecule has 0 aliphatic heterocycles. The topological polar surface area (TPSA) is 101 Å². The fourth-order valence-electron chi connectivity index (χ4n) is 2.17. The van der Waals surface area contributed by atoms with Crippen molar-refractivity contribution in [1.29, 1.82) is 0 Å². The van der Waals surface area contributed by atoms with Crippen LogP contribution in [0.4, 0.5) is 15.1 Å². The number of urea groups is 1. The van der Waals surface area contributed by atoms with Gasteiger partial charge in [0.15, 0.2) is 0 Å². The summed E-state index contributed by atoms with van der Waals surface area (Å²) in [5.41, 5.74) is 1.03. The van der Waals surface area contributed by atoms with Gasteiger partial charge in [0.1, 0.15) is 5.82 Å². The molecule has 0 saturated carbocycles. The van der Waals surface area contributed by atoms with Crippen LogP contribution in [-0.4, -0.2) is 39.8 Å². The highest BCUT2D eigenvalue weighted by Gasteiger charge is 2.10. The maximum Gasteiger partial charge on any atom is 0.315 e. The number of carbonyl (C=O) groups excluding carboxylic acids is 1. The minimum absolute atomic E-state index is 0.0978. The number of halogens is 1. The van der Waals surface area contributed by atoms with E-state index in [9.17, 15) is 9.18 Å². The smallest absolute Gasteiger partial charge is 0.315 e. The summed E-state index contributed by atoms with van der Waals surface area (Å²) < 4.78 is 20.7. The molecule has 3 aromatic rings. The maximum atomic E-state index is 14.2. The number of carbonyl (C=O) groups is 1. The lowest BCUT2D eigenvalue weighted by Crippen LogP contribution is -2.34. The molecule has 0 spiro atoms. The molecular formula is C16H18FN7O2. The van der Waals surface area contributed by atoms with Crippen LogP contribution in [-0.2, 0) is 13.1 Å². The zero-order chi connectivity index (χ0) is 18.5. The van der Waals surface area contributed by atoms with Crippen LogP contribution in [0.3, 0.4) is 0 Å². The Morgan fingerprint density at radius 3 is 2.77 bits per heavy atom. The van der Waals surface area contributed by atoms with E-state index in [1.807, 2.05) is 0 Å². The van der Waals surface area contributed by atoms with E-state index in [-0.39, 0.29) is 13.1 Å². The molecule has 0 fully saturated rings. The molecule has 1 aromatic carbocycles. The highest BCUT2D eigenvalue weighted by atomic mass is 19.1. The van der Waals surface area contributed by atoms with Gasteiger partial charge in [-0.3, -0.25) is 0 Å². The van der Waals surface area contributed by atoms with Crippen LogP contribution in [0.15, 0.2) is 41.4 Å². The molecule has 9 nitrogen and oxygen atoms in total. The van der Waals surface area contributed by atoms with Crippen molar-refractivity contribution in [3.05, 3.63) is 54.2 Å². The predicted octanol–water partition coefficient (Wildman–Crippen LogP) is 1.46. The van der Waals surface area contributed by atoms with Gasteiger partial charge in [-0.15, -0.1) is 0 Å². The molecule has 0 aliphatic rings. The Hall–Kier alpha value is -3.43. The second-order valence-electron chi connectivity index (χ2n) is 5.67. The van der Waals surface area contributed by atoms with Gasteiger partial charge in [-0.2, -0.15) is 4.98 Å². The van der Waals surface area contributed by atoms with Gasteiger partial charge < -0.3 is 24.6 Å². The second-order valence-corrected chi connectivity index (χ2v) is 5.67. The van der Waals surface area contributed by atoms with Gasteiger partial charge in [0.25, 0.3) is 5.95 Å². The van der Waals surface area contributed by atoms with E-state index in [1.54, 1.807) is 48.1 Å². The molecule has 0 saturated heterocycles. The quantitative estimate of drug-likeness (QED) is 0.691. The molecule has 2 aromatic heterocycles. The predicted molar refractivity (Wildman–Crippen MR) is 91.2 cm³/mol. The normalized spacial score (nSPS) is 10.6. The molecular weight excluding hydrogens is 341 g/mol. The van der Waals surface area contributed by atoms with Crippen molar-refractivity contribution in [1.82, 2.24) is 30.3 Å². The number of amides is 2. The number of benzene rings is 1. The molecule has 0 aliphatic carbocycles. The average molecular weight is 359 g/mol. The van der Waals surface area contributed by atoms with E-state index in [0.29, 0.717) is 23.1 Å². The lowest BCUT2D eigenvalue weighted by molar-refractivity contribution is 0.238. The lowest BCUT2D eigenvalue weighted by Gasteiger charge is -2.08. The number of nitrogens with zero attached hydrogens (tertiary/aromatic N) is 5. The first kappa shape index (κ1) is 17.4. The largest absolute Gasteiger partial charge is 0.344 e. The summed E-state index contributed by atoms with van der Waals surface area (Å²) in [6.07, 6.45) is 4.75. The van der Waals surface area contributed by atoms with Crippen molar-refractivity contribution in [3.8, 4) is 5.69 Å². The number of hydrogen-bond acceptors (Lipinski definition) is 6. The molecule has 2 N–H and O–H groups in total. The van der Waals surface area contributed by atoms with Crippen molar-refractivity contribution in [3.63, 3.8) is 0 Å². The third-order valence-electron chi connectivity index (χ3n) is 3.51. The molecule has 3 rings (SSSR count). The zero-order valence-electron chi connectivity index (χ0n) is 14.3. The van der Waals surface area contributed by atoms with Crippen LogP contribution in [0.1, 0.15) is 11.5 Å². The third-order valence-corrected chi connectivity index (χ3v) is 3.51. The van der Waals surface area contributed by atoms with Crippen LogP contribution in [0.2, 0.25) is 0 Å². The SMILES string of the molecule is CN(C)c1noc(CNC(=O)NCc2ccc(-n3ccnc3)c(F)c2)n1. The Morgan fingerprint density at radius 1 is 1.31 bits per heavy atom. The molecule has 2 amide bonds. The highest BCUT2D eigenvalue weighted by Crippen LogP contribution is 2.14. The average Bonchev–Trinajstić information content (AvgIpc) is 3.30. The van der Waals surface area contributed by atoms with E-state index in [1.165, 1.54) is 12.4 Å². The Labute approximate surface area is 148 Å².